The minimum atomic E-state index is -2.86. The summed E-state index contributed by atoms with van der Waals surface area (Å²) in [5.41, 5.74) is 0.949. The van der Waals surface area contributed by atoms with Gasteiger partial charge in [-0.2, -0.15) is 0 Å². The van der Waals surface area contributed by atoms with Gasteiger partial charge in [0.2, 0.25) is 5.91 Å². The predicted molar refractivity (Wildman–Crippen MR) is 104 cm³/mol. The summed E-state index contributed by atoms with van der Waals surface area (Å²) >= 11 is 1.57. The standard InChI is InChI=1S/C18H21N3O3S2/c22-18(6-5-17-19-15-3-1-2-4-16(15)25-17)21-10-8-20(9-11-21)14-7-12-26(23,24)13-14/h1-6,14H,7-13H2/b6-5+. The van der Waals surface area contributed by atoms with Gasteiger partial charge in [0.1, 0.15) is 5.01 Å². The Morgan fingerprint density at radius 2 is 1.96 bits per heavy atom. The molecule has 2 aliphatic heterocycles. The molecular weight excluding hydrogens is 370 g/mol. The van der Waals surface area contributed by atoms with Crippen LogP contribution in [0.4, 0.5) is 0 Å². The van der Waals surface area contributed by atoms with Gasteiger partial charge in [0.05, 0.1) is 21.7 Å². The lowest BCUT2D eigenvalue weighted by atomic mass is 10.2. The molecule has 2 aliphatic rings. The van der Waals surface area contributed by atoms with E-state index in [0.29, 0.717) is 25.3 Å². The molecule has 2 aromatic rings. The van der Waals surface area contributed by atoms with Crippen molar-refractivity contribution in [1.82, 2.24) is 14.8 Å². The lowest BCUT2D eigenvalue weighted by molar-refractivity contribution is -0.127. The third-order valence-corrected chi connectivity index (χ3v) is 7.78. The Morgan fingerprint density at radius 1 is 1.19 bits per heavy atom. The van der Waals surface area contributed by atoms with Gasteiger partial charge in [0.25, 0.3) is 0 Å². The van der Waals surface area contributed by atoms with Gasteiger partial charge in [-0.05, 0) is 24.6 Å². The lowest BCUT2D eigenvalue weighted by Gasteiger charge is -2.37. The zero-order chi connectivity index (χ0) is 18.1. The number of nitrogens with zero attached hydrogens (tertiary/aromatic N) is 3. The van der Waals surface area contributed by atoms with E-state index in [2.05, 4.69) is 9.88 Å². The van der Waals surface area contributed by atoms with Gasteiger partial charge in [-0.25, -0.2) is 13.4 Å². The molecular formula is C18H21N3O3S2. The number of thiazole rings is 1. The Bertz CT molecular complexity index is 910. The average Bonchev–Trinajstić information content (AvgIpc) is 3.22. The average molecular weight is 392 g/mol. The summed E-state index contributed by atoms with van der Waals surface area (Å²) < 4.78 is 24.4. The van der Waals surface area contributed by atoms with Crippen LogP contribution in [0.2, 0.25) is 0 Å². The molecule has 0 N–H and O–H groups in total. The van der Waals surface area contributed by atoms with E-state index in [0.717, 1.165) is 28.3 Å². The molecule has 0 saturated carbocycles. The number of carbonyl (C=O) groups is 1. The van der Waals surface area contributed by atoms with Crippen LogP contribution in [-0.2, 0) is 14.6 Å². The maximum Gasteiger partial charge on any atom is 0.246 e. The molecule has 1 amide bonds. The number of rotatable bonds is 3. The summed E-state index contributed by atoms with van der Waals surface area (Å²) in [4.78, 5) is 21.0. The van der Waals surface area contributed by atoms with Crippen LogP contribution in [0.25, 0.3) is 16.3 Å². The first-order chi connectivity index (χ1) is 12.5. The molecule has 0 aliphatic carbocycles. The smallest absolute Gasteiger partial charge is 0.246 e. The van der Waals surface area contributed by atoms with E-state index in [1.165, 1.54) is 0 Å². The van der Waals surface area contributed by atoms with Crippen LogP contribution in [0.3, 0.4) is 0 Å². The van der Waals surface area contributed by atoms with Gasteiger partial charge in [-0.1, -0.05) is 12.1 Å². The molecule has 138 valence electrons. The first-order valence-electron chi connectivity index (χ1n) is 8.77. The van der Waals surface area contributed by atoms with Crippen LogP contribution < -0.4 is 0 Å². The van der Waals surface area contributed by atoms with Crippen molar-refractivity contribution in [2.45, 2.75) is 12.5 Å². The fourth-order valence-electron chi connectivity index (χ4n) is 3.58. The number of piperazine rings is 1. The molecule has 0 radical (unpaired) electrons. The largest absolute Gasteiger partial charge is 0.337 e. The van der Waals surface area contributed by atoms with Crippen LogP contribution >= 0.6 is 11.3 Å². The summed E-state index contributed by atoms with van der Waals surface area (Å²) in [7, 11) is -2.86. The van der Waals surface area contributed by atoms with Gasteiger partial charge in [-0.3, -0.25) is 9.69 Å². The lowest BCUT2D eigenvalue weighted by Crippen LogP contribution is -2.52. The third-order valence-electron chi connectivity index (χ3n) is 5.03. The minimum absolute atomic E-state index is 0.0112. The first kappa shape index (κ1) is 17.6. The normalized spacial score (nSPS) is 23.8. The van der Waals surface area contributed by atoms with E-state index in [4.69, 9.17) is 0 Å². The first-order valence-corrected chi connectivity index (χ1v) is 11.4. The number of hydrogen-bond acceptors (Lipinski definition) is 6. The Labute approximate surface area is 157 Å². The molecule has 1 atom stereocenters. The van der Waals surface area contributed by atoms with Crippen LogP contribution in [0.15, 0.2) is 30.3 Å². The number of amides is 1. The Hall–Kier alpha value is -1.77. The second kappa shape index (κ2) is 7.09. The molecule has 4 rings (SSSR count). The van der Waals surface area contributed by atoms with Crippen molar-refractivity contribution in [3.05, 3.63) is 35.3 Å². The quantitative estimate of drug-likeness (QED) is 0.744. The number of hydrogen-bond donors (Lipinski definition) is 0. The van der Waals surface area contributed by atoms with E-state index in [9.17, 15) is 13.2 Å². The van der Waals surface area contributed by atoms with Crippen molar-refractivity contribution >= 4 is 43.4 Å². The van der Waals surface area contributed by atoms with Gasteiger partial charge in [0, 0.05) is 38.3 Å². The third kappa shape index (κ3) is 3.82. The molecule has 2 fully saturated rings. The number of carbonyl (C=O) groups excluding carboxylic acids is 1. The molecule has 1 unspecified atom stereocenters. The van der Waals surface area contributed by atoms with Crippen molar-refractivity contribution in [3.8, 4) is 0 Å². The Morgan fingerprint density at radius 3 is 2.65 bits per heavy atom. The molecule has 8 heteroatoms. The van der Waals surface area contributed by atoms with Gasteiger partial charge in [-0.15, -0.1) is 11.3 Å². The highest BCUT2D eigenvalue weighted by atomic mass is 32.2. The van der Waals surface area contributed by atoms with E-state index in [1.807, 2.05) is 29.2 Å². The summed E-state index contributed by atoms with van der Waals surface area (Å²) in [6, 6.07) is 8.04. The van der Waals surface area contributed by atoms with Crippen molar-refractivity contribution in [3.63, 3.8) is 0 Å². The molecule has 26 heavy (non-hydrogen) atoms. The molecule has 1 aromatic heterocycles. The maximum absolute atomic E-state index is 12.4. The van der Waals surface area contributed by atoms with E-state index < -0.39 is 9.84 Å². The van der Waals surface area contributed by atoms with Crippen molar-refractivity contribution < 1.29 is 13.2 Å². The second-order valence-electron chi connectivity index (χ2n) is 6.77. The molecule has 1 aromatic carbocycles. The zero-order valence-electron chi connectivity index (χ0n) is 14.4. The molecule has 0 bridgehead atoms. The van der Waals surface area contributed by atoms with Crippen molar-refractivity contribution in [1.29, 1.82) is 0 Å². The number of benzene rings is 1. The summed E-state index contributed by atoms with van der Waals surface area (Å²) in [6.45, 7) is 2.75. The Balaban J connectivity index is 1.33. The second-order valence-corrected chi connectivity index (χ2v) is 10.1. The van der Waals surface area contributed by atoms with Crippen LogP contribution in [-0.4, -0.2) is 72.8 Å². The van der Waals surface area contributed by atoms with Gasteiger partial charge >= 0.3 is 0 Å². The highest BCUT2D eigenvalue weighted by Crippen LogP contribution is 2.23. The number of aromatic nitrogens is 1. The summed E-state index contributed by atoms with van der Waals surface area (Å²) in [5.74, 6) is 0.545. The fraction of sp³-hybridized carbons (Fsp3) is 0.444. The summed E-state index contributed by atoms with van der Waals surface area (Å²) in [5, 5.41) is 0.828. The molecule has 6 nitrogen and oxygen atoms in total. The van der Waals surface area contributed by atoms with E-state index >= 15 is 0 Å². The SMILES string of the molecule is O=C(/C=C/c1nc2ccccc2s1)N1CCN(C2CCS(=O)(=O)C2)CC1. The monoisotopic (exact) mass is 391 g/mol. The number of sulfone groups is 1. The van der Waals surface area contributed by atoms with Crippen LogP contribution in [0, 0.1) is 0 Å². The fourth-order valence-corrected chi connectivity index (χ4v) is 6.21. The highest BCUT2D eigenvalue weighted by Gasteiger charge is 2.34. The molecule has 0 spiro atoms. The number of fused-ring (bicyclic) bond motifs is 1. The molecule has 2 saturated heterocycles. The van der Waals surface area contributed by atoms with Gasteiger partial charge in [0.15, 0.2) is 9.84 Å². The number of para-hydroxylation sites is 1. The zero-order valence-corrected chi connectivity index (χ0v) is 16.0. The predicted octanol–water partition coefficient (Wildman–Crippen LogP) is 1.64. The maximum atomic E-state index is 12.4. The van der Waals surface area contributed by atoms with Crippen LogP contribution in [0.1, 0.15) is 11.4 Å². The minimum Gasteiger partial charge on any atom is -0.337 e. The highest BCUT2D eigenvalue weighted by molar-refractivity contribution is 7.91. The topological polar surface area (TPSA) is 70.6 Å². The summed E-state index contributed by atoms with van der Waals surface area (Å²) in [6.07, 6.45) is 4.09. The van der Waals surface area contributed by atoms with E-state index in [1.54, 1.807) is 23.5 Å². The van der Waals surface area contributed by atoms with Gasteiger partial charge < -0.3 is 4.90 Å². The van der Waals surface area contributed by atoms with Crippen molar-refractivity contribution in [2.24, 2.45) is 0 Å². The molecule has 3 heterocycles. The van der Waals surface area contributed by atoms with Crippen LogP contribution in [0.5, 0.6) is 0 Å². The van der Waals surface area contributed by atoms with E-state index in [-0.39, 0.29) is 17.7 Å². The Kier molecular flexibility index (Phi) is 4.81. The van der Waals surface area contributed by atoms with Crippen molar-refractivity contribution in [2.75, 3.05) is 37.7 Å².